The Balaban J connectivity index is 1.90. The number of nitrogens with two attached hydrogens (primary N) is 1. The zero-order chi connectivity index (χ0) is 14.6. The average molecular weight is 289 g/mol. The molecular formula is C15H19N3OS. The minimum atomic E-state index is -0.430. The monoisotopic (exact) mass is 289 g/mol. The molecule has 4 nitrogen and oxygen atoms in total. The molecule has 0 aliphatic rings. The SMILES string of the molecule is CC(C)(NC(=O)CCc1cccc(N)c1)c1nccs1. The lowest BCUT2D eigenvalue weighted by Gasteiger charge is -2.23. The van der Waals surface area contributed by atoms with Crippen LogP contribution < -0.4 is 11.1 Å². The second-order valence-corrected chi connectivity index (χ2v) is 6.15. The molecule has 0 atom stereocenters. The van der Waals surface area contributed by atoms with Crippen molar-refractivity contribution in [3.63, 3.8) is 0 Å². The van der Waals surface area contributed by atoms with E-state index in [1.54, 1.807) is 17.5 Å². The van der Waals surface area contributed by atoms with E-state index in [0.717, 1.165) is 16.3 Å². The summed E-state index contributed by atoms with van der Waals surface area (Å²) in [5.41, 5.74) is 7.10. The Morgan fingerprint density at radius 3 is 2.90 bits per heavy atom. The molecule has 3 N–H and O–H groups in total. The molecule has 1 aromatic heterocycles. The van der Waals surface area contributed by atoms with Crippen LogP contribution in [-0.4, -0.2) is 10.9 Å². The molecule has 1 heterocycles. The van der Waals surface area contributed by atoms with Gasteiger partial charge in [0.1, 0.15) is 5.01 Å². The molecule has 2 rings (SSSR count). The van der Waals surface area contributed by atoms with Gasteiger partial charge in [-0.05, 0) is 38.0 Å². The van der Waals surface area contributed by atoms with Crippen LogP contribution in [0.2, 0.25) is 0 Å². The van der Waals surface area contributed by atoms with Gasteiger partial charge < -0.3 is 11.1 Å². The Bertz CT molecular complexity index is 579. The molecule has 2 aromatic rings. The highest BCUT2D eigenvalue weighted by Crippen LogP contribution is 2.22. The molecule has 106 valence electrons. The number of anilines is 1. The van der Waals surface area contributed by atoms with E-state index in [-0.39, 0.29) is 5.91 Å². The van der Waals surface area contributed by atoms with Crippen molar-refractivity contribution >= 4 is 22.9 Å². The third-order valence-corrected chi connectivity index (χ3v) is 4.11. The van der Waals surface area contributed by atoms with Gasteiger partial charge in [-0.2, -0.15) is 0 Å². The first-order chi connectivity index (χ1) is 9.47. The number of nitrogen functional groups attached to an aromatic ring is 1. The molecule has 1 amide bonds. The maximum Gasteiger partial charge on any atom is 0.221 e. The number of rotatable bonds is 5. The number of aryl methyl sites for hydroxylation is 1. The van der Waals surface area contributed by atoms with Crippen molar-refractivity contribution in [3.8, 4) is 0 Å². The number of hydrogen-bond donors (Lipinski definition) is 2. The lowest BCUT2D eigenvalue weighted by molar-refractivity contribution is -0.122. The van der Waals surface area contributed by atoms with E-state index in [1.807, 2.05) is 43.5 Å². The molecule has 20 heavy (non-hydrogen) atoms. The van der Waals surface area contributed by atoms with Crippen LogP contribution in [0, 0.1) is 0 Å². The summed E-state index contributed by atoms with van der Waals surface area (Å²) in [5, 5.41) is 5.85. The molecule has 0 fully saturated rings. The van der Waals surface area contributed by atoms with Crippen LogP contribution in [0.5, 0.6) is 0 Å². The first kappa shape index (κ1) is 14.5. The smallest absolute Gasteiger partial charge is 0.221 e. The van der Waals surface area contributed by atoms with Gasteiger partial charge in [-0.1, -0.05) is 12.1 Å². The lowest BCUT2D eigenvalue weighted by Crippen LogP contribution is -2.41. The number of nitrogens with one attached hydrogen (secondary N) is 1. The van der Waals surface area contributed by atoms with Crippen molar-refractivity contribution in [2.75, 3.05) is 5.73 Å². The van der Waals surface area contributed by atoms with E-state index in [0.29, 0.717) is 12.8 Å². The Hall–Kier alpha value is -1.88. The van der Waals surface area contributed by atoms with Gasteiger partial charge in [-0.25, -0.2) is 4.98 Å². The minimum Gasteiger partial charge on any atom is -0.399 e. The molecule has 0 saturated carbocycles. The predicted molar refractivity (Wildman–Crippen MR) is 82.5 cm³/mol. The van der Waals surface area contributed by atoms with Crippen molar-refractivity contribution in [2.45, 2.75) is 32.2 Å². The van der Waals surface area contributed by atoms with Gasteiger partial charge in [0.2, 0.25) is 5.91 Å². The zero-order valence-corrected chi connectivity index (χ0v) is 12.5. The van der Waals surface area contributed by atoms with Gasteiger partial charge in [-0.3, -0.25) is 4.79 Å². The topological polar surface area (TPSA) is 68.0 Å². The van der Waals surface area contributed by atoms with E-state index >= 15 is 0 Å². The predicted octanol–water partition coefficient (Wildman–Crippen LogP) is 2.71. The molecule has 0 aliphatic carbocycles. The summed E-state index contributed by atoms with van der Waals surface area (Å²) < 4.78 is 0. The molecule has 0 spiro atoms. The summed E-state index contributed by atoms with van der Waals surface area (Å²) in [6.45, 7) is 3.93. The third kappa shape index (κ3) is 3.81. The average Bonchev–Trinajstić information content (AvgIpc) is 2.90. The van der Waals surface area contributed by atoms with Gasteiger partial charge in [0.15, 0.2) is 0 Å². The van der Waals surface area contributed by atoms with Crippen LogP contribution in [0.1, 0.15) is 30.8 Å². The van der Waals surface area contributed by atoms with E-state index in [1.165, 1.54) is 0 Å². The van der Waals surface area contributed by atoms with Crippen LogP contribution in [0.15, 0.2) is 35.8 Å². The van der Waals surface area contributed by atoms with E-state index in [9.17, 15) is 4.79 Å². The van der Waals surface area contributed by atoms with E-state index < -0.39 is 5.54 Å². The van der Waals surface area contributed by atoms with Crippen molar-refractivity contribution in [1.29, 1.82) is 0 Å². The van der Waals surface area contributed by atoms with Crippen LogP contribution in [0.4, 0.5) is 5.69 Å². The van der Waals surface area contributed by atoms with Crippen LogP contribution in [0.25, 0.3) is 0 Å². The summed E-state index contributed by atoms with van der Waals surface area (Å²) in [7, 11) is 0. The second kappa shape index (κ2) is 6.05. The van der Waals surface area contributed by atoms with Crippen LogP contribution in [-0.2, 0) is 16.8 Å². The Morgan fingerprint density at radius 1 is 1.45 bits per heavy atom. The number of aromatic nitrogens is 1. The number of nitrogens with zero attached hydrogens (tertiary/aromatic N) is 1. The number of hydrogen-bond acceptors (Lipinski definition) is 4. The molecule has 5 heteroatoms. The van der Waals surface area contributed by atoms with Gasteiger partial charge in [0.25, 0.3) is 0 Å². The van der Waals surface area contributed by atoms with Crippen molar-refractivity contribution in [1.82, 2.24) is 10.3 Å². The van der Waals surface area contributed by atoms with Crippen molar-refractivity contribution in [2.24, 2.45) is 0 Å². The lowest BCUT2D eigenvalue weighted by atomic mass is 10.0. The number of amides is 1. The first-order valence-electron chi connectivity index (χ1n) is 6.53. The normalized spacial score (nSPS) is 11.3. The van der Waals surface area contributed by atoms with Gasteiger partial charge >= 0.3 is 0 Å². The quantitative estimate of drug-likeness (QED) is 0.832. The van der Waals surface area contributed by atoms with E-state index in [2.05, 4.69) is 10.3 Å². The number of carbonyl (C=O) groups is 1. The van der Waals surface area contributed by atoms with Crippen molar-refractivity contribution in [3.05, 3.63) is 46.4 Å². The Morgan fingerprint density at radius 2 is 2.25 bits per heavy atom. The summed E-state index contributed by atoms with van der Waals surface area (Å²) in [4.78, 5) is 16.3. The van der Waals surface area contributed by atoms with Crippen LogP contribution in [0.3, 0.4) is 0 Å². The Kier molecular flexibility index (Phi) is 4.39. The first-order valence-corrected chi connectivity index (χ1v) is 7.41. The van der Waals surface area contributed by atoms with Gasteiger partial charge in [0.05, 0.1) is 5.54 Å². The van der Waals surface area contributed by atoms with Crippen molar-refractivity contribution < 1.29 is 4.79 Å². The highest BCUT2D eigenvalue weighted by molar-refractivity contribution is 7.09. The van der Waals surface area contributed by atoms with E-state index in [4.69, 9.17) is 5.73 Å². The largest absolute Gasteiger partial charge is 0.399 e. The molecule has 1 aromatic carbocycles. The summed E-state index contributed by atoms with van der Waals surface area (Å²) in [6, 6.07) is 7.63. The molecule has 0 radical (unpaired) electrons. The molecule has 0 saturated heterocycles. The van der Waals surface area contributed by atoms with Gasteiger partial charge in [0, 0.05) is 23.7 Å². The van der Waals surface area contributed by atoms with Crippen LogP contribution >= 0.6 is 11.3 Å². The highest BCUT2D eigenvalue weighted by Gasteiger charge is 2.25. The fraction of sp³-hybridized carbons (Fsp3) is 0.333. The third-order valence-electron chi connectivity index (χ3n) is 3.01. The number of benzene rings is 1. The maximum absolute atomic E-state index is 12.0. The summed E-state index contributed by atoms with van der Waals surface area (Å²) in [5.74, 6) is 0.0209. The molecule has 0 unspecified atom stereocenters. The fourth-order valence-corrected chi connectivity index (χ4v) is 2.72. The summed E-state index contributed by atoms with van der Waals surface area (Å²) in [6.07, 6.45) is 2.88. The minimum absolute atomic E-state index is 0.0209. The second-order valence-electron chi connectivity index (χ2n) is 5.26. The summed E-state index contributed by atoms with van der Waals surface area (Å²) >= 11 is 1.55. The highest BCUT2D eigenvalue weighted by atomic mass is 32.1. The number of carbonyl (C=O) groups excluding carboxylic acids is 1. The fourth-order valence-electron chi connectivity index (χ4n) is 2.00. The molecule has 0 aliphatic heterocycles. The molecule has 0 bridgehead atoms. The zero-order valence-electron chi connectivity index (χ0n) is 11.7. The Labute approximate surface area is 123 Å². The maximum atomic E-state index is 12.0. The number of thiazole rings is 1. The molecular weight excluding hydrogens is 270 g/mol. The van der Waals surface area contributed by atoms with Gasteiger partial charge in [-0.15, -0.1) is 11.3 Å². The standard InChI is InChI=1S/C15H19N3OS/c1-15(2,14-17-8-9-20-14)18-13(19)7-6-11-4-3-5-12(16)10-11/h3-5,8-10H,6-7,16H2,1-2H3,(H,18,19).